The van der Waals surface area contributed by atoms with Crippen LogP contribution in [0, 0.1) is 0 Å². The van der Waals surface area contributed by atoms with Gasteiger partial charge in [0, 0.05) is 6.42 Å². The van der Waals surface area contributed by atoms with Gasteiger partial charge in [-0.05, 0) is 6.92 Å². The minimum Gasteiger partial charge on any atom is -0.394 e. The van der Waals surface area contributed by atoms with Crippen molar-refractivity contribution in [1.82, 2.24) is 5.32 Å². The van der Waals surface area contributed by atoms with Gasteiger partial charge < -0.3 is 15.5 Å². The van der Waals surface area contributed by atoms with E-state index in [0.29, 0.717) is 6.42 Å². The molecule has 0 radical (unpaired) electrons. The lowest BCUT2D eigenvalue weighted by Gasteiger charge is -2.19. The molecule has 0 saturated heterocycles. The molecule has 1 amide bonds. The van der Waals surface area contributed by atoms with Gasteiger partial charge in [-0.1, -0.05) is 19.1 Å². The second kappa shape index (κ2) is 6.62. The van der Waals surface area contributed by atoms with Crippen LogP contribution in [0.25, 0.3) is 0 Å². The maximum absolute atomic E-state index is 10.9. The molecule has 76 valence electrons. The normalized spacial score (nSPS) is 15.7. The molecule has 0 aromatic rings. The average molecular weight is 187 g/mol. The zero-order valence-electron chi connectivity index (χ0n) is 8.03. The molecule has 0 fully saturated rings. The van der Waals surface area contributed by atoms with Crippen LogP contribution in [-0.2, 0) is 4.79 Å². The molecule has 0 spiro atoms. The fourth-order valence-electron chi connectivity index (χ4n) is 0.879. The smallest absolute Gasteiger partial charge is 0.220 e. The Morgan fingerprint density at radius 3 is 2.62 bits per heavy atom. The summed E-state index contributed by atoms with van der Waals surface area (Å²) in [5, 5.41) is 20.8. The van der Waals surface area contributed by atoms with Gasteiger partial charge in [-0.3, -0.25) is 4.79 Å². The zero-order valence-corrected chi connectivity index (χ0v) is 8.03. The first-order valence-electron chi connectivity index (χ1n) is 4.36. The second-order valence-corrected chi connectivity index (χ2v) is 2.73. The van der Waals surface area contributed by atoms with Crippen molar-refractivity contribution < 1.29 is 15.0 Å². The van der Waals surface area contributed by atoms with E-state index in [1.54, 1.807) is 19.9 Å². The number of aliphatic hydroxyl groups excluding tert-OH is 2. The lowest BCUT2D eigenvalue weighted by molar-refractivity contribution is -0.122. The number of hydrogen-bond acceptors (Lipinski definition) is 3. The molecule has 13 heavy (non-hydrogen) atoms. The molecule has 0 saturated carbocycles. The molecule has 0 aliphatic carbocycles. The average Bonchev–Trinajstić information content (AvgIpc) is 2.14. The molecular weight excluding hydrogens is 170 g/mol. The molecule has 0 aliphatic heterocycles. The SMILES string of the molecule is C/C=C/[C@@H](O)[C@H](CO)NC(=O)CC. The minimum absolute atomic E-state index is 0.178. The third kappa shape index (κ3) is 4.65. The van der Waals surface area contributed by atoms with Crippen LogP contribution in [0.2, 0.25) is 0 Å². The Kier molecular flexibility index (Phi) is 6.18. The molecule has 4 nitrogen and oxygen atoms in total. The van der Waals surface area contributed by atoms with Crippen molar-refractivity contribution in [2.75, 3.05) is 6.61 Å². The van der Waals surface area contributed by atoms with E-state index >= 15 is 0 Å². The Labute approximate surface area is 78.3 Å². The number of aliphatic hydroxyl groups is 2. The van der Waals surface area contributed by atoms with E-state index in [1.165, 1.54) is 6.08 Å². The molecule has 0 aliphatic rings. The highest BCUT2D eigenvalue weighted by Crippen LogP contribution is 1.95. The van der Waals surface area contributed by atoms with Gasteiger partial charge in [0.25, 0.3) is 0 Å². The molecule has 0 rings (SSSR count). The van der Waals surface area contributed by atoms with Gasteiger partial charge in [0.05, 0.1) is 18.8 Å². The first kappa shape index (κ1) is 12.1. The molecule has 3 N–H and O–H groups in total. The molecule has 0 aromatic heterocycles. The van der Waals surface area contributed by atoms with E-state index in [2.05, 4.69) is 5.32 Å². The predicted molar refractivity (Wildman–Crippen MR) is 50.1 cm³/mol. The Morgan fingerprint density at radius 2 is 2.23 bits per heavy atom. The van der Waals surface area contributed by atoms with Crippen LogP contribution in [0.15, 0.2) is 12.2 Å². The quantitative estimate of drug-likeness (QED) is 0.522. The lowest BCUT2D eigenvalue weighted by atomic mass is 10.1. The van der Waals surface area contributed by atoms with E-state index in [4.69, 9.17) is 5.11 Å². The molecule has 0 bridgehead atoms. The molecule has 4 heteroatoms. The number of nitrogens with one attached hydrogen (secondary N) is 1. The number of allylic oxidation sites excluding steroid dienone is 1. The van der Waals surface area contributed by atoms with Crippen molar-refractivity contribution in [2.45, 2.75) is 32.4 Å². The monoisotopic (exact) mass is 187 g/mol. The Balaban J connectivity index is 4.08. The van der Waals surface area contributed by atoms with E-state index in [0.717, 1.165) is 0 Å². The number of rotatable bonds is 5. The highest BCUT2D eigenvalue weighted by Gasteiger charge is 2.16. The Morgan fingerprint density at radius 1 is 1.62 bits per heavy atom. The zero-order chi connectivity index (χ0) is 10.3. The van der Waals surface area contributed by atoms with Gasteiger partial charge in [-0.2, -0.15) is 0 Å². The Bertz CT molecular complexity index is 180. The van der Waals surface area contributed by atoms with Crippen LogP contribution in [0.5, 0.6) is 0 Å². The largest absolute Gasteiger partial charge is 0.394 e. The molecule has 0 unspecified atom stereocenters. The first-order chi connectivity index (χ1) is 6.15. The number of carbonyl (C=O) groups is 1. The van der Waals surface area contributed by atoms with Crippen molar-refractivity contribution in [3.05, 3.63) is 12.2 Å². The van der Waals surface area contributed by atoms with E-state index in [9.17, 15) is 9.90 Å². The van der Waals surface area contributed by atoms with Crippen LogP contribution in [0.4, 0.5) is 0 Å². The first-order valence-corrected chi connectivity index (χ1v) is 4.36. The van der Waals surface area contributed by atoms with Gasteiger partial charge in [-0.25, -0.2) is 0 Å². The van der Waals surface area contributed by atoms with Gasteiger partial charge >= 0.3 is 0 Å². The summed E-state index contributed by atoms with van der Waals surface area (Å²) in [6, 6.07) is -0.608. The van der Waals surface area contributed by atoms with E-state index in [-0.39, 0.29) is 12.5 Å². The third-order valence-corrected chi connectivity index (χ3v) is 1.67. The van der Waals surface area contributed by atoms with Crippen molar-refractivity contribution in [3.8, 4) is 0 Å². The van der Waals surface area contributed by atoms with E-state index < -0.39 is 12.1 Å². The molecular formula is C9H17NO3. The van der Waals surface area contributed by atoms with Crippen LogP contribution < -0.4 is 5.32 Å². The summed E-state index contributed by atoms with van der Waals surface area (Å²) in [7, 11) is 0. The summed E-state index contributed by atoms with van der Waals surface area (Å²) in [5.74, 6) is -0.178. The maximum atomic E-state index is 10.9. The van der Waals surface area contributed by atoms with Gasteiger partial charge in [0.2, 0.25) is 5.91 Å². The Hall–Kier alpha value is -0.870. The van der Waals surface area contributed by atoms with Crippen molar-refractivity contribution in [2.24, 2.45) is 0 Å². The summed E-state index contributed by atoms with van der Waals surface area (Å²) in [6.45, 7) is 3.21. The van der Waals surface area contributed by atoms with Crippen molar-refractivity contribution in [1.29, 1.82) is 0 Å². The molecule has 0 heterocycles. The van der Waals surface area contributed by atoms with Crippen LogP contribution in [0.3, 0.4) is 0 Å². The van der Waals surface area contributed by atoms with Crippen LogP contribution in [0.1, 0.15) is 20.3 Å². The van der Waals surface area contributed by atoms with Crippen LogP contribution in [-0.4, -0.2) is 34.9 Å². The van der Waals surface area contributed by atoms with Crippen molar-refractivity contribution >= 4 is 5.91 Å². The van der Waals surface area contributed by atoms with Crippen LogP contribution >= 0.6 is 0 Å². The summed E-state index contributed by atoms with van der Waals surface area (Å²) in [5.41, 5.74) is 0. The fourth-order valence-corrected chi connectivity index (χ4v) is 0.879. The van der Waals surface area contributed by atoms with E-state index in [1.807, 2.05) is 0 Å². The minimum atomic E-state index is -0.828. The highest BCUT2D eigenvalue weighted by molar-refractivity contribution is 5.75. The van der Waals surface area contributed by atoms with Gasteiger partial charge in [0.15, 0.2) is 0 Å². The summed E-state index contributed by atoms with van der Waals surface area (Å²) in [6.07, 6.45) is 2.71. The van der Waals surface area contributed by atoms with Gasteiger partial charge in [-0.15, -0.1) is 0 Å². The second-order valence-electron chi connectivity index (χ2n) is 2.73. The lowest BCUT2D eigenvalue weighted by Crippen LogP contribution is -2.44. The van der Waals surface area contributed by atoms with Crippen molar-refractivity contribution in [3.63, 3.8) is 0 Å². The summed E-state index contributed by atoms with van der Waals surface area (Å²) < 4.78 is 0. The number of hydrogen-bond donors (Lipinski definition) is 3. The summed E-state index contributed by atoms with van der Waals surface area (Å²) in [4.78, 5) is 10.9. The fraction of sp³-hybridized carbons (Fsp3) is 0.667. The summed E-state index contributed by atoms with van der Waals surface area (Å²) >= 11 is 0. The number of amides is 1. The maximum Gasteiger partial charge on any atom is 0.220 e. The highest BCUT2D eigenvalue weighted by atomic mass is 16.3. The number of carbonyl (C=O) groups excluding carboxylic acids is 1. The third-order valence-electron chi connectivity index (χ3n) is 1.67. The predicted octanol–water partition coefficient (Wildman–Crippen LogP) is -0.190. The standard InChI is InChI=1S/C9H17NO3/c1-3-5-8(12)7(6-11)10-9(13)4-2/h3,5,7-8,11-12H,4,6H2,1-2H3,(H,10,13)/b5-3+/t7-,8+/m0/s1. The topological polar surface area (TPSA) is 69.6 Å². The molecule has 2 atom stereocenters. The molecule has 0 aromatic carbocycles. The van der Waals surface area contributed by atoms with Gasteiger partial charge in [0.1, 0.15) is 0 Å².